The van der Waals surface area contributed by atoms with Crippen molar-refractivity contribution in [3.63, 3.8) is 0 Å². The van der Waals surface area contributed by atoms with Crippen molar-refractivity contribution in [1.82, 2.24) is 5.32 Å². The van der Waals surface area contributed by atoms with Crippen LogP contribution in [0.4, 0.5) is 0 Å². The molecule has 0 saturated carbocycles. The monoisotopic (exact) mass is 281 g/mol. The quantitative estimate of drug-likeness (QED) is 0.810. The fraction of sp³-hybridized carbons (Fsp3) is 0.467. The van der Waals surface area contributed by atoms with E-state index in [0.717, 1.165) is 10.6 Å². The minimum absolute atomic E-state index is 0.186. The van der Waals surface area contributed by atoms with Gasteiger partial charge in [-0.25, -0.2) is 0 Å². The third-order valence-electron chi connectivity index (χ3n) is 3.25. The standard InChI is InChI=1S/C15H20ClNO2/c1-10(2)12-5-6-13(14(16)8-12)11(3)4-7-15(19)17-9-18/h5-6,8-11H,4,7H2,1-3H3,(H,17,18,19). The highest BCUT2D eigenvalue weighted by Crippen LogP contribution is 2.30. The lowest BCUT2D eigenvalue weighted by molar-refractivity contribution is -0.125. The molecule has 0 aliphatic rings. The van der Waals surface area contributed by atoms with E-state index in [4.69, 9.17) is 11.6 Å². The Kier molecular flexibility index (Phi) is 6.03. The number of amides is 2. The summed E-state index contributed by atoms with van der Waals surface area (Å²) in [5.41, 5.74) is 2.25. The number of benzene rings is 1. The predicted octanol–water partition coefficient (Wildman–Crippen LogP) is 3.62. The Bertz CT molecular complexity index is 457. The van der Waals surface area contributed by atoms with Gasteiger partial charge in [0.05, 0.1) is 0 Å². The van der Waals surface area contributed by atoms with Gasteiger partial charge in [0.15, 0.2) is 0 Å². The minimum Gasteiger partial charge on any atom is -0.299 e. The van der Waals surface area contributed by atoms with Crippen molar-refractivity contribution >= 4 is 23.9 Å². The number of hydrogen-bond donors (Lipinski definition) is 1. The number of carbonyl (C=O) groups is 2. The maximum atomic E-state index is 11.2. The van der Waals surface area contributed by atoms with Gasteiger partial charge in [0.2, 0.25) is 12.3 Å². The highest BCUT2D eigenvalue weighted by atomic mass is 35.5. The van der Waals surface area contributed by atoms with Crippen molar-refractivity contribution in [2.24, 2.45) is 0 Å². The van der Waals surface area contributed by atoms with Crippen LogP contribution in [0.25, 0.3) is 0 Å². The first-order chi connectivity index (χ1) is 8.95. The molecule has 0 aromatic heterocycles. The Morgan fingerprint density at radius 1 is 1.37 bits per heavy atom. The zero-order valence-corrected chi connectivity index (χ0v) is 12.3. The van der Waals surface area contributed by atoms with Gasteiger partial charge in [0.1, 0.15) is 0 Å². The molecule has 0 radical (unpaired) electrons. The van der Waals surface area contributed by atoms with Crippen LogP contribution in [-0.2, 0) is 9.59 Å². The molecule has 4 heteroatoms. The number of carbonyl (C=O) groups excluding carboxylic acids is 2. The minimum atomic E-state index is -0.253. The summed E-state index contributed by atoms with van der Waals surface area (Å²) in [5.74, 6) is 0.378. The van der Waals surface area contributed by atoms with E-state index < -0.39 is 0 Å². The Labute approximate surface area is 119 Å². The highest BCUT2D eigenvalue weighted by Gasteiger charge is 2.13. The summed E-state index contributed by atoms with van der Waals surface area (Å²) in [6.07, 6.45) is 1.40. The molecule has 0 bridgehead atoms. The SMILES string of the molecule is CC(C)c1ccc(C(C)CCC(=O)NC=O)c(Cl)c1. The van der Waals surface area contributed by atoms with Gasteiger partial charge in [-0.05, 0) is 35.4 Å². The molecule has 104 valence electrons. The van der Waals surface area contributed by atoms with Crippen LogP contribution in [0, 0.1) is 0 Å². The Morgan fingerprint density at radius 2 is 2.05 bits per heavy atom. The largest absolute Gasteiger partial charge is 0.299 e. The number of nitrogens with one attached hydrogen (secondary N) is 1. The molecular weight excluding hydrogens is 262 g/mol. The molecule has 0 spiro atoms. The summed E-state index contributed by atoms with van der Waals surface area (Å²) in [4.78, 5) is 21.4. The van der Waals surface area contributed by atoms with Gasteiger partial charge in [0.25, 0.3) is 0 Å². The number of halogens is 1. The maximum absolute atomic E-state index is 11.2. The van der Waals surface area contributed by atoms with Crippen molar-refractivity contribution in [2.75, 3.05) is 0 Å². The van der Waals surface area contributed by atoms with E-state index in [1.54, 1.807) is 0 Å². The van der Waals surface area contributed by atoms with E-state index in [2.05, 4.69) is 25.2 Å². The number of rotatable bonds is 6. The van der Waals surface area contributed by atoms with Crippen LogP contribution in [0.15, 0.2) is 18.2 Å². The van der Waals surface area contributed by atoms with E-state index >= 15 is 0 Å². The Morgan fingerprint density at radius 3 is 2.58 bits per heavy atom. The summed E-state index contributed by atoms with van der Waals surface area (Å²) in [6, 6.07) is 6.09. The highest BCUT2D eigenvalue weighted by molar-refractivity contribution is 6.31. The predicted molar refractivity (Wildman–Crippen MR) is 77.4 cm³/mol. The second-order valence-corrected chi connectivity index (χ2v) is 5.47. The first-order valence-electron chi connectivity index (χ1n) is 6.48. The van der Waals surface area contributed by atoms with Crippen LogP contribution in [0.3, 0.4) is 0 Å². The first-order valence-corrected chi connectivity index (χ1v) is 6.85. The van der Waals surface area contributed by atoms with Crippen molar-refractivity contribution in [3.8, 4) is 0 Å². The fourth-order valence-electron chi connectivity index (χ4n) is 1.94. The van der Waals surface area contributed by atoms with Gasteiger partial charge in [-0.2, -0.15) is 0 Å². The molecule has 3 nitrogen and oxygen atoms in total. The van der Waals surface area contributed by atoms with Gasteiger partial charge >= 0.3 is 0 Å². The van der Waals surface area contributed by atoms with Crippen LogP contribution < -0.4 is 5.32 Å². The average molecular weight is 282 g/mol. The molecular formula is C15H20ClNO2. The van der Waals surface area contributed by atoms with Gasteiger partial charge in [-0.1, -0.05) is 44.5 Å². The molecule has 1 unspecified atom stereocenters. The van der Waals surface area contributed by atoms with E-state index in [1.807, 2.05) is 19.1 Å². The molecule has 0 aliphatic heterocycles. The second-order valence-electron chi connectivity index (χ2n) is 5.06. The average Bonchev–Trinajstić information content (AvgIpc) is 2.36. The molecule has 1 aromatic rings. The summed E-state index contributed by atoms with van der Waals surface area (Å²) >= 11 is 6.29. The zero-order valence-electron chi connectivity index (χ0n) is 11.6. The van der Waals surface area contributed by atoms with E-state index in [-0.39, 0.29) is 11.8 Å². The van der Waals surface area contributed by atoms with E-state index in [1.165, 1.54) is 5.56 Å². The molecule has 0 fully saturated rings. The molecule has 1 N–H and O–H groups in total. The van der Waals surface area contributed by atoms with Crippen molar-refractivity contribution < 1.29 is 9.59 Å². The molecule has 0 saturated heterocycles. The van der Waals surface area contributed by atoms with Crippen LogP contribution in [0.5, 0.6) is 0 Å². The summed E-state index contributed by atoms with van der Waals surface area (Å²) in [5, 5.41) is 2.88. The lowest BCUT2D eigenvalue weighted by atomic mass is 9.93. The summed E-state index contributed by atoms with van der Waals surface area (Å²) < 4.78 is 0. The van der Waals surface area contributed by atoms with Crippen LogP contribution >= 0.6 is 11.6 Å². The summed E-state index contributed by atoms with van der Waals surface area (Å²) in [7, 11) is 0. The smallest absolute Gasteiger partial charge is 0.226 e. The van der Waals surface area contributed by atoms with Gasteiger partial charge in [0, 0.05) is 11.4 Å². The maximum Gasteiger partial charge on any atom is 0.226 e. The zero-order chi connectivity index (χ0) is 14.4. The molecule has 1 aromatic carbocycles. The third kappa shape index (κ3) is 4.67. The molecule has 1 atom stereocenters. The van der Waals surface area contributed by atoms with Crippen LogP contribution in [-0.4, -0.2) is 12.3 Å². The number of hydrogen-bond acceptors (Lipinski definition) is 2. The van der Waals surface area contributed by atoms with Crippen LogP contribution in [0.2, 0.25) is 5.02 Å². The Hall–Kier alpha value is -1.35. The molecule has 2 amide bonds. The third-order valence-corrected chi connectivity index (χ3v) is 3.57. The molecule has 0 aliphatic carbocycles. The van der Waals surface area contributed by atoms with Crippen molar-refractivity contribution in [3.05, 3.63) is 34.3 Å². The Balaban J connectivity index is 2.69. The van der Waals surface area contributed by atoms with Gasteiger partial charge in [-0.15, -0.1) is 0 Å². The fourth-order valence-corrected chi connectivity index (χ4v) is 2.32. The van der Waals surface area contributed by atoms with Crippen LogP contribution in [0.1, 0.15) is 56.6 Å². The summed E-state index contributed by atoms with van der Waals surface area (Å²) in [6.45, 7) is 6.28. The van der Waals surface area contributed by atoms with E-state index in [0.29, 0.717) is 25.2 Å². The molecule has 19 heavy (non-hydrogen) atoms. The van der Waals surface area contributed by atoms with Gasteiger partial charge < -0.3 is 0 Å². The van der Waals surface area contributed by atoms with Crippen molar-refractivity contribution in [2.45, 2.75) is 45.4 Å². The lowest BCUT2D eigenvalue weighted by Crippen LogP contribution is -2.21. The normalized spacial score (nSPS) is 12.3. The topological polar surface area (TPSA) is 46.2 Å². The first kappa shape index (κ1) is 15.7. The van der Waals surface area contributed by atoms with Crippen molar-refractivity contribution in [1.29, 1.82) is 0 Å². The molecule has 0 heterocycles. The second kappa shape index (κ2) is 7.29. The number of imide groups is 1. The van der Waals surface area contributed by atoms with Gasteiger partial charge in [-0.3, -0.25) is 14.9 Å². The lowest BCUT2D eigenvalue weighted by Gasteiger charge is -2.15. The van der Waals surface area contributed by atoms with E-state index in [9.17, 15) is 9.59 Å². The molecule has 1 rings (SSSR count).